The van der Waals surface area contributed by atoms with E-state index in [4.69, 9.17) is 10.5 Å². The zero-order valence-electron chi connectivity index (χ0n) is 11.6. The van der Waals surface area contributed by atoms with E-state index in [-0.39, 0.29) is 5.91 Å². The second kappa shape index (κ2) is 6.10. The lowest BCUT2D eigenvalue weighted by Gasteiger charge is -2.11. The highest BCUT2D eigenvalue weighted by atomic mass is 16.5. The number of nitrogen functional groups attached to an aromatic ring is 1. The van der Waals surface area contributed by atoms with Gasteiger partial charge in [-0.15, -0.1) is 0 Å². The highest BCUT2D eigenvalue weighted by Crippen LogP contribution is 2.23. The molecule has 1 amide bonds. The number of para-hydroxylation sites is 1. The van der Waals surface area contributed by atoms with Crippen molar-refractivity contribution < 1.29 is 9.53 Å². The zero-order chi connectivity index (χ0) is 14.5. The van der Waals surface area contributed by atoms with Crippen LogP contribution in [0.1, 0.15) is 22.8 Å². The molecule has 2 aromatic carbocycles. The molecule has 0 unspecified atom stereocenters. The maximum atomic E-state index is 12.2. The molecule has 0 saturated carbocycles. The number of carbonyl (C=O) groups excluding carboxylic acids is 1. The second-order valence-corrected chi connectivity index (χ2v) is 4.42. The number of methoxy groups -OCH3 is 1. The van der Waals surface area contributed by atoms with Crippen LogP contribution < -0.4 is 15.8 Å². The molecule has 3 N–H and O–H groups in total. The van der Waals surface area contributed by atoms with E-state index in [0.717, 1.165) is 17.7 Å². The van der Waals surface area contributed by atoms with Gasteiger partial charge in [-0.3, -0.25) is 4.79 Å². The minimum Gasteiger partial charge on any atom is -0.495 e. The van der Waals surface area contributed by atoms with E-state index < -0.39 is 0 Å². The summed E-state index contributed by atoms with van der Waals surface area (Å²) in [4.78, 5) is 12.2. The van der Waals surface area contributed by atoms with Gasteiger partial charge in [0, 0.05) is 11.3 Å². The summed E-state index contributed by atoms with van der Waals surface area (Å²) in [6.07, 6.45) is 0.862. The quantitative estimate of drug-likeness (QED) is 0.839. The Morgan fingerprint density at radius 1 is 1.25 bits per heavy atom. The molecule has 20 heavy (non-hydrogen) atoms. The van der Waals surface area contributed by atoms with Gasteiger partial charge in [0.25, 0.3) is 5.91 Å². The number of nitrogens with two attached hydrogens (primary N) is 1. The summed E-state index contributed by atoms with van der Waals surface area (Å²) in [5, 5.41) is 2.91. The van der Waals surface area contributed by atoms with Crippen molar-refractivity contribution in [2.45, 2.75) is 13.3 Å². The predicted molar refractivity (Wildman–Crippen MR) is 81.2 cm³/mol. The molecule has 0 aromatic heterocycles. The normalized spacial score (nSPS) is 10.1. The molecule has 0 heterocycles. The van der Waals surface area contributed by atoms with Crippen molar-refractivity contribution in [3.05, 3.63) is 53.6 Å². The lowest BCUT2D eigenvalue weighted by molar-refractivity contribution is 0.102. The van der Waals surface area contributed by atoms with Crippen LogP contribution in [0, 0.1) is 0 Å². The highest BCUT2D eigenvalue weighted by molar-refractivity contribution is 6.05. The number of carbonyl (C=O) groups is 1. The summed E-state index contributed by atoms with van der Waals surface area (Å²) >= 11 is 0. The smallest absolute Gasteiger partial charge is 0.255 e. The van der Waals surface area contributed by atoms with Crippen LogP contribution in [0.3, 0.4) is 0 Å². The van der Waals surface area contributed by atoms with Crippen molar-refractivity contribution in [3.8, 4) is 5.75 Å². The lowest BCUT2D eigenvalue weighted by Crippen LogP contribution is -2.13. The molecule has 0 spiro atoms. The third-order valence-electron chi connectivity index (χ3n) is 3.14. The second-order valence-electron chi connectivity index (χ2n) is 4.42. The third kappa shape index (κ3) is 2.91. The minimum absolute atomic E-state index is 0.180. The zero-order valence-corrected chi connectivity index (χ0v) is 11.6. The molecule has 104 valence electrons. The van der Waals surface area contributed by atoms with Gasteiger partial charge < -0.3 is 15.8 Å². The number of rotatable bonds is 4. The highest BCUT2D eigenvalue weighted by Gasteiger charge is 2.10. The van der Waals surface area contributed by atoms with Crippen molar-refractivity contribution >= 4 is 17.3 Å². The van der Waals surface area contributed by atoms with Crippen LogP contribution in [0.4, 0.5) is 11.4 Å². The van der Waals surface area contributed by atoms with Gasteiger partial charge in [0.05, 0.1) is 12.8 Å². The number of benzene rings is 2. The lowest BCUT2D eigenvalue weighted by atomic mass is 10.1. The van der Waals surface area contributed by atoms with Gasteiger partial charge in [-0.1, -0.05) is 25.1 Å². The van der Waals surface area contributed by atoms with E-state index in [1.54, 1.807) is 25.3 Å². The average Bonchev–Trinajstić information content (AvgIpc) is 2.47. The first-order valence-electron chi connectivity index (χ1n) is 6.48. The Morgan fingerprint density at radius 2 is 2.00 bits per heavy atom. The Bertz CT molecular complexity index is 624. The van der Waals surface area contributed by atoms with Crippen molar-refractivity contribution in [1.29, 1.82) is 0 Å². The summed E-state index contributed by atoms with van der Waals surface area (Å²) in [7, 11) is 1.54. The Kier molecular flexibility index (Phi) is 4.25. The maximum Gasteiger partial charge on any atom is 0.255 e. The third-order valence-corrected chi connectivity index (χ3v) is 3.14. The van der Waals surface area contributed by atoms with E-state index in [9.17, 15) is 4.79 Å². The number of ether oxygens (including phenoxy) is 1. The summed E-state index contributed by atoms with van der Waals surface area (Å²) < 4.78 is 5.08. The molecule has 4 nitrogen and oxygen atoms in total. The van der Waals surface area contributed by atoms with E-state index in [1.807, 2.05) is 24.3 Å². The molecule has 0 aliphatic rings. The van der Waals surface area contributed by atoms with Gasteiger partial charge in [-0.05, 0) is 36.2 Å². The molecule has 4 heteroatoms. The van der Waals surface area contributed by atoms with Crippen molar-refractivity contribution in [2.24, 2.45) is 0 Å². The molecule has 0 aliphatic heterocycles. The Balaban J connectivity index is 2.22. The maximum absolute atomic E-state index is 12.2. The van der Waals surface area contributed by atoms with E-state index in [0.29, 0.717) is 17.0 Å². The minimum atomic E-state index is -0.180. The van der Waals surface area contributed by atoms with Gasteiger partial charge in [0.1, 0.15) is 5.75 Å². The Labute approximate surface area is 118 Å². The number of amides is 1. The van der Waals surface area contributed by atoms with E-state index >= 15 is 0 Å². The van der Waals surface area contributed by atoms with Crippen molar-refractivity contribution in [2.75, 3.05) is 18.2 Å². The fraction of sp³-hybridized carbons (Fsp3) is 0.188. The van der Waals surface area contributed by atoms with Crippen molar-refractivity contribution in [1.82, 2.24) is 0 Å². The number of anilines is 2. The van der Waals surface area contributed by atoms with Crippen LogP contribution in [0.15, 0.2) is 42.5 Å². The van der Waals surface area contributed by atoms with Gasteiger partial charge in [0.15, 0.2) is 0 Å². The first-order valence-corrected chi connectivity index (χ1v) is 6.48. The molecule has 0 atom stereocenters. The summed E-state index contributed by atoms with van der Waals surface area (Å²) in [6.45, 7) is 2.05. The molecule has 2 rings (SSSR count). The van der Waals surface area contributed by atoms with E-state index in [2.05, 4.69) is 12.2 Å². The van der Waals surface area contributed by atoms with Gasteiger partial charge in [-0.2, -0.15) is 0 Å². The van der Waals surface area contributed by atoms with Crippen LogP contribution in [0.2, 0.25) is 0 Å². The molecular weight excluding hydrogens is 252 g/mol. The molecular formula is C16H18N2O2. The Hall–Kier alpha value is -2.49. The molecule has 0 aliphatic carbocycles. The van der Waals surface area contributed by atoms with Crippen molar-refractivity contribution in [3.63, 3.8) is 0 Å². The summed E-state index contributed by atoms with van der Waals surface area (Å²) in [5.41, 5.74) is 8.70. The molecule has 0 radical (unpaired) electrons. The predicted octanol–water partition coefficient (Wildman–Crippen LogP) is 3.09. The molecule has 0 saturated heterocycles. The molecule has 2 aromatic rings. The average molecular weight is 270 g/mol. The summed E-state index contributed by atoms with van der Waals surface area (Å²) in [6, 6.07) is 12.7. The number of nitrogens with one attached hydrogen (secondary N) is 1. The fourth-order valence-corrected chi connectivity index (χ4v) is 2.02. The van der Waals surface area contributed by atoms with Gasteiger partial charge in [-0.25, -0.2) is 0 Å². The standard InChI is InChI=1S/C16H18N2O2/c1-3-11-6-4-5-7-14(11)18-16(19)12-8-9-15(20-2)13(17)10-12/h4-10H,3,17H2,1-2H3,(H,18,19). The fourth-order valence-electron chi connectivity index (χ4n) is 2.02. The SMILES string of the molecule is CCc1ccccc1NC(=O)c1ccc(OC)c(N)c1. The number of aryl methyl sites for hydroxylation is 1. The number of hydrogen-bond donors (Lipinski definition) is 2. The van der Waals surface area contributed by atoms with E-state index in [1.165, 1.54) is 0 Å². The topological polar surface area (TPSA) is 64.3 Å². The van der Waals surface area contributed by atoms with Gasteiger partial charge in [0.2, 0.25) is 0 Å². The largest absolute Gasteiger partial charge is 0.495 e. The molecule has 0 bridgehead atoms. The Morgan fingerprint density at radius 3 is 2.65 bits per heavy atom. The van der Waals surface area contributed by atoms with Crippen LogP contribution in [-0.2, 0) is 6.42 Å². The first kappa shape index (κ1) is 13.9. The van der Waals surface area contributed by atoms with Crippen LogP contribution in [0.5, 0.6) is 5.75 Å². The van der Waals surface area contributed by atoms with Crippen LogP contribution in [-0.4, -0.2) is 13.0 Å². The first-order chi connectivity index (χ1) is 9.65. The monoisotopic (exact) mass is 270 g/mol. The molecule has 0 fully saturated rings. The number of hydrogen-bond acceptors (Lipinski definition) is 3. The van der Waals surface area contributed by atoms with Crippen LogP contribution >= 0.6 is 0 Å². The van der Waals surface area contributed by atoms with Crippen LogP contribution in [0.25, 0.3) is 0 Å². The van der Waals surface area contributed by atoms with Gasteiger partial charge >= 0.3 is 0 Å². The summed E-state index contributed by atoms with van der Waals surface area (Å²) in [5.74, 6) is 0.385.